The molecule has 0 amide bonds. The van der Waals surface area contributed by atoms with Gasteiger partial charge >= 0.3 is 0 Å². The second-order valence-corrected chi connectivity index (χ2v) is 4.33. The van der Waals surface area contributed by atoms with Gasteiger partial charge in [-0.25, -0.2) is 0 Å². The normalized spacial score (nSPS) is 12.1. The highest BCUT2D eigenvalue weighted by Crippen LogP contribution is 2.18. The number of hydrogen-bond acceptors (Lipinski definition) is 2. The van der Waals surface area contributed by atoms with E-state index in [1.165, 1.54) is 5.56 Å². The minimum Gasteiger partial charge on any atom is -0.493 e. The Balaban J connectivity index is 1.89. The number of ether oxygens (including phenoxy) is 1. The predicted molar refractivity (Wildman–Crippen MR) is 72.7 cm³/mol. The van der Waals surface area contributed by atoms with E-state index in [2.05, 4.69) is 12.1 Å². The van der Waals surface area contributed by atoms with Crippen molar-refractivity contribution in [1.29, 1.82) is 0 Å². The summed E-state index contributed by atoms with van der Waals surface area (Å²) in [6.07, 6.45) is 0.433. The average molecular weight is 242 g/mol. The van der Waals surface area contributed by atoms with E-state index in [4.69, 9.17) is 4.74 Å². The molecule has 0 aliphatic carbocycles. The lowest BCUT2D eigenvalue weighted by Gasteiger charge is -2.09. The standard InChI is InChI=1S/C16H18O2/c1-13(17)15-8-5-9-16(12-15)18-11-10-14-6-3-2-4-7-14/h2-9,12-13,17H,10-11H2,1H3. The molecule has 2 rings (SSSR count). The third kappa shape index (κ3) is 3.60. The van der Waals surface area contributed by atoms with Gasteiger partial charge in [-0.05, 0) is 30.2 Å². The van der Waals surface area contributed by atoms with Crippen LogP contribution in [-0.4, -0.2) is 11.7 Å². The van der Waals surface area contributed by atoms with Crippen LogP contribution in [0.15, 0.2) is 54.6 Å². The largest absolute Gasteiger partial charge is 0.493 e. The molecule has 0 saturated heterocycles. The Kier molecular flexibility index (Phi) is 4.37. The fourth-order valence-corrected chi connectivity index (χ4v) is 1.80. The summed E-state index contributed by atoms with van der Waals surface area (Å²) in [4.78, 5) is 0. The van der Waals surface area contributed by atoms with Crippen LogP contribution in [0.25, 0.3) is 0 Å². The van der Waals surface area contributed by atoms with E-state index in [0.717, 1.165) is 17.7 Å². The highest BCUT2D eigenvalue weighted by Gasteiger charge is 2.02. The van der Waals surface area contributed by atoms with Crippen molar-refractivity contribution in [2.24, 2.45) is 0 Å². The van der Waals surface area contributed by atoms with Gasteiger partial charge in [-0.3, -0.25) is 0 Å². The van der Waals surface area contributed by atoms with Crippen molar-refractivity contribution in [2.75, 3.05) is 6.61 Å². The maximum Gasteiger partial charge on any atom is 0.119 e. The number of aliphatic hydroxyl groups is 1. The molecule has 2 nitrogen and oxygen atoms in total. The second kappa shape index (κ2) is 6.22. The zero-order chi connectivity index (χ0) is 12.8. The lowest BCUT2D eigenvalue weighted by atomic mass is 10.1. The Morgan fingerprint density at radius 1 is 1.06 bits per heavy atom. The van der Waals surface area contributed by atoms with Gasteiger partial charge in [-0.1, -0.05) is 42.5 Å². The Labute approximate surface area is 108 Å². The molecule has 0 aliphatic heterocycles. The van der Waals surface area contributed by atoms with Crippen molar-refractivity contribution in [3.05, 3.63) is 65.7 Å². The van der Waals surface area contributed by atoms with Gasteiger partial charge < -0.3 is 9.84 Å². The summed E-state index contributed by atoms with van der Waals surface area (Å²) < 4.78 is 5.69. The van der Waals surface area contributed by atoms with E-state index in [9.17, 15) is 5.11 Å². The Bertz CT molecular complexity index is 477. The summed E-state index contributed by atoms with van der Waals surface area (Å²) >= 11 is 0. The molecule has 2 heteroatoms. The van der Waals surface area contributed by atoms with Crippen molar-refractivity contribution in [3.8, 4) is 5.75 Å². The van der Waals surface area contributed by atoms with Crippen molar-refractivity contribution < 1.29 is 9.84 Å². The van der Waals surface area contributed by atoms with E-state index in [1.54, 1.807) is 6.92 Å². The molecule has 0 aliphatic rings. The zero-order valence-corrected chi connectivity index (χ0v) is 10.5. The third-order valence-electron chi connectivity index (χ3n) is 2.84. The molecule has 0 aromatic heterocycles. The van der Waals surface area contributed by atoms with Gasteiger partial charge in [0.25, 0.3) is 0 Å². The second-order valence-electron chi connectivity index (χ2n) is 4.33. The summed E-state index contributed by atoms with van der Waals surface area (Å²) in [5, 5.41) is 9.50. The van der Waals surface area contributed by atoms with Crippen LogP contribution in [-0.2, 0) is 6.42 Å². The quantitative estimate of drug-likeness (QED) is 0.871. The van der Waals surface area contributed by atoms with Crippen LogP contribution in [0, 0.1) is 0 Å². The molecule has 0 spiro atoms. The highest BCUT2D eigenvalue weighted by atomic mass is 16.5. The summed E-state index contributed by atoms with van der Waals surface area (Å²) in [6.45, 7) is 2.40. The molecule has 1 unspecified atom stereocenters. The van der Waals surface area contributed by atoms with Crippen LogP contribution < -0.4 is 4.74 Å². The lowest BCUT2D eigenvalue weighted by Crippen LogP contribution is -2.02. The van der Waals surface area contributed by atoms with Crippen LogP contribution in [0.4, 0.5) is 0 Å². The fourth-order valence-electron chi connectivity index (χ4n) is 1.80. The van der Waals surface area contributed by atoms with Gasteiger partial charge in [0.05, 0.1) is 12.7 Å². The van der Waals surface area contributed by atoms with Crippen molar-refractivity contribution >= 4 is 0 Å². The first-order chi connectivity index (χ1) is 8.75. The monoisotopic (exact) mass is 242 g/mol. The molecule has 0 heterocycles. The first-order valence-corrected chi connectivity index (χ1v) is 6.20. The Morgan fingerprint density at radius 3 is 2.56 bits per heavy atom. The smallest absolute Gasteiger partial charge is 0.119 e. The molecule has 2 aromatic carbocycles. The minimum atomic E-state index is -0.456. The molecule has 1 N–H and O–H groups in total. The van der Waals surface area contributed by atoms with Crippen LogP contribution in [0.5, 0.6) is 5.75 Å². The first-order valence-electron chi connectivity index (χ1n) is 6.20. The van der Waals surface area contributed by atoms with Gasteiger partial charge in [0, 0.05) is 6.42 Å². The van der Waals surface area contributed by atoms with Crippen LogP contribution in [0.1, 0.15) is 24.2 Å². The number of rotatable bonds is 5. The van der Waals surface area contributed by atoms with E-state index in [0.29, 0.717) is 6.61 Å². The average Bonchev–Trinajstić information content (AvgIpc) is 2.40. The predicted octanol–water partition coefficient (Wildman–Crippen LogP) is 3.36. The van der Waals surface area contributed by atoms with E-state index in [-0.39, 0.29) is 0 Å². The molecule has 94 valence electrons. The lowest BCUT2D eigenvalue weighted by molar-refractivity contribution is 0.198. The molecular weight excluding hydrogens is 224 g/mol. The fraction of sp³-hybridized carbons (Fsp3) is 0.250. The molecule has 18 heavy (non-hydrogen) atoms. The Morgan fingerprint density at radius 2 is 1.83 bits per heavy atom. The molecular formula is C16H18O2. The summed E-state index contributed by atoms with van der Waals surface area (Å²) in [7, 11) is 0. The Hall–Kier alpha value is -1.80. The van der Waals surface area contributed by atoms with Crippen LogP contribution in [0.3, 0.4) is 0 Å². The number of aliphatic hydroxyl groups excluding tert-OH is 1. The topological polar surface area (TPSA) is 29.5 Å². The maximum atomic E-state index is 9.50. The first kappa shape index (κ1) is 12.7. The summed E-state index contributed by atoms with van der Waals surface area (Å²) in [6, 6.07) is 17.9. The zero-order valence-electron chi connectivity index (χ0n) is 10.5. The molecule has 0 fully saturated rings. The highest BCUT2D eigenvalue weighted by molar-refractivity contribution is 5.29. The van der Waals surface area contributed by atoms with Gasteiger partial charge in [0.2, 0.25) is 0 Å². The van der Waals surface area contributed by atoms with Crippen molar-refractivity contribution in [1.82, 2.24) is 0 Å². The molecule has 0 radical (unpaired) electrons. The van der Waals surface area contributed by atoms with Crippen LogP contribution >= 0.6 is 0 Å². The van der Waals surface area contributed by atoms with E-state index >= 15 is 0 Å². The maximum absolute atomic E-state index is 9.50. The van der Waals surface area contributed by atoms with E-state index in [1.807, 2.05) is 42.5 Å². The molecule has 1 atom stereocenters. The van der Waals surface area contributed by atoms with Crippen molar-refractivity contribution in [2.45, 2.75) is 19.4 Å². The summed E-state index contributed by atoms with van der Waals surface area (Å²) in [5.74, 6) is 0.810. The van der Waals surface area contributed by atoms with Crippen molar-refractivity contribution in [3.63, 3.8) is 0 Å². The van der Waals surface area contributed by atoms with Crippen LogP contribution in [0.2, 0.25) is 0 Å². The van der Waals surface area contributed by atoms with E-state index < -0.39 is 6.10 Å². The molecule has 0 saturated carbocycles. The minimum absolute atomic E-state index is 0.456. The van der Waals surface area contributed by atoms with Gasteiger partial charge in [0.15, 0.2) is 0 Å². The van der Waals surface area contributed by atoms with Gasteiger partial charge in [0.1, 0.15) is 5.75 Å². The SMILES string of the molecule is CC(O)c1cccc(OCCc2ccccc2)c1. The third-order valence-corrected chi connectivity index (χ3v) is 2.84. The molecule has 0 bridgehead atoms. The van der Waals surface area contributed by atoms with Gasteiger partial charge in [-0.2, -0.15) is 0 Å². The number of hydrogen-bond donors (Lipinski definition) is 1. The van der Waals surface area contributed by atoms with Gasteiger partial charge in [-0.15, -0.1) is 0 Å². The summed E-state index contributed by atoms with van der Waals surface area (Å²) in [5.41, 5.74) is 2.15. The number of benzene rings is 2. The molecule has 2 aromatic rings.